The summed E-state index contributed by atoms with van der Waals surface area (Å²) in [7, 11) is -1.71. The Morgan fingerprint density at radius 3 is 2.58 bits per heavy atom. The molecule has 3 amide bonds. The Morgan fingerprint density at radius 1 is 1.16 bits per heavy atom. The van der Waals surface area contributed by atoms with E-state index in [1.165, 1.54) is 5.56 Å². The van der Waals surface area contributed by atoms with Crippen molar-refractivity contribution in [1.82, 2.24) is 10.3 Å². The quantitative estimate of drug-likeness (QED) is 0.650. The zero-order chi connectivity index (χ0) is 22.4. The van der Waals surface area contributed by atoms with Gasteiger partial charge < -0.3 is 4.43 Å². The van der Waals surface area contributed by atoms with E-state index >= 15 is 0 Å². The molecule has 0 unspecified atom stereocenters. The van der Waals surface area contributed by atoms with Gasteiger partial charge in [0.25, 0.3) is 0 Å². The van der Waals surface area contributed by atoms with Gasteiger partial charge in [-0.3, -0.25) is 20.0 Å². The third-order valence-electron chi connectivity index (χ3n) is 7.32. The average Bonchev–Trinajstić information content (AvgIpc) is 2.65. The van der Waals surface area contributed by atoms with Crippen molar-refractivity contribution >= 4 is 36.7 Å². The number of nitrogens with one attached hydrogen (secondary N) is 1. The molecule has 31 heavy (non-hydrogen) atoms. The molecule has 166 valence electrons. The minimum atomic E-state index is -1.71. The smallest absolute Gasteiger partial charge is 0.328 e. The molecule has 0 spiro atoms. The molecular weight excluding hydrogens is 406 g/mol. The first-order chi connectivity index (χ1) is 14.6. The molecule has 1 saturated carbocycles. The summed E-state index contributed by atoms with van der Waals surface area (Å²) in [6.45, 7) is 12.7. The summed E-state index contributed by atoms with van der Waals surface area (Å²) in [5, 5.41) is 4.75. The van der Waals surface area contributed by atoms with Gasteiger partial charge in [0, 0.05) is 36.5 Å². The number of hydrogen-bond acceptors (Lipinski definition) is 4. The topological polar surface area (TPSA) is 71.5 Å². The normalized spacial score (nSPS) is 22.4. The van der Waals surface area contributed by atoms with Gasteiger partial charge in [-0.05, 0) is 48.4 Å². The number of carbonyl (C=O) groups is 2. The van der Waals surface area contributed by atoms with Gasteiger partial charge in [0.05, 0.1) is 11.9 Å². The van der Waals surface area contributed by atoms with Crippen LogP contribution in [-0.2, 0) is 9.22 Å². The first-order valence-corrected chi connectivity index (χ1v) is 14.1. The van der Waals surface area contributed by atoms with Crippen molar-refractivity contribution in [1.29, 1.82) is 0 Å². The van der Waals surface area contributed by atoms with Gasteiger partial charge in [-0.2, -0.15) is 0 Å². The van der Waals surface area contributed by atoms with Crippen molar-refractivity contribution in [3.05, 3.63) is 36.2 Å². The molecule has 0 bridgehead atoms. The lowest BCUT2D eigenvalue weighted by Crippen LogP contribution is -2.49. The molecular formula is C24H33N3O3Si. The maximum atomic E-state index is 12.4. The van der Waals surface area contributed by atoms with Crippen LogP contribution in [0.2, 0.25) is 18.1 Å². The van der Waals surface area contributed by atoms with E-state index in [1.807, 2.05) is 12.3 Å². The Balaban J connectivity index is 1.49. The van der Waals surface area contributed by atoms with Crippen molar-refractivity contribution in [2.45, 2.75) is 64.1 Å². The van der Waals surface area contributed by atoms with E-state index in [4.69, 9.17) is 4.43 Å². The van der Waals surface area contributed by atoms with E-state index in [9.17, 15) is 9.59 Å². The van der Waals surface area contributed by atoms with E-state index < -0.39 is 8.32 Å². The largest absolute Gasteiger partial charge is 0.417 e. The number of hydrogen-bond donors (Lipinski definition) is 1. The summed E-state index contributed by atoms with van der Waals surface area (Å²) in [6, 6.07) is 5.91. The molecule has 2 heterocycles. The Kier molecular flexibility index (Phi) is 5.68. The molecule has 2 aliphatic rings. The number of aromatic nitrogens is 1. The lowest BCUT2D eigenvalue weighted by atomic mass is 9.71. The number of rotatable bonds is 5. The van der Waals surface area contributed by atoms with Crippen molar-refractivity contribution in [3.8, 4) is 0 Å². The van der Waals surface area contributed by atoms with Gasteiger partial charge in [-0.25, -0.2) is 4.79 Å². The fourth-order valence-electron chi connectivity index (χ4n) is 4.24. The number of urea groups is 1. The summed E-state index contributed by atoms with van der Waals surface area (Å²) in [6.07, 6.45) is 6.17. The van der Waals surface area contributed by atoms with E-state index in [2.05, 4.69) is 56.3 Å². The predicted octanol–water partition coefficient (Wildman–Crippen LogP) is 5.20. The molecule has 6 nitrogen and oxygen atoms in total. The molecule has 2 fully saturated rings. The highest BCUT2D eigenvalue weighted by atomic mass is 28.4. The Morgan fingerprint density at radius 2 is 1.90 bits per heavy atom. The highest BCUT2D eigenvalue weighted by Crippen LogP contribution is 2.46. The summed E-state index contributed by atoms with van der Waals surface area (Å²) < 4.78 is 6.44. The molecule has 1 N–H and O–H groups in total. The molecule has 1 saturated heterocycles. The Hall–Kier alpha value is -2.25. The second kappa shape index (κ2) is 8.02. The second-order valence-electron chi connectivity index (χ2n) is 10.5. The third-order valence-corrected chi connectivity index (χ3v) is 11.8. The van der Waals surface area contributed by atoms with E-state index in [1.54, 1.807) is 11.1 Å². The zero-order valence-corrected chi connectivity index (χ0v) is 20.2. The predicted molar refractivity (Wildman–Crippen MR) is 126 cm³/mol. The monoisotopic (exact) mass is 439 g/mol. The number of imide groups is 1. The number of amides is 3. The highest BCUT2D eigenvalue weighted by Gasteiger charge is 2.39. The van der Waals surface area contributed by atoms with Gasteiger partial charge in [0.1, 0.15) is 0 Å². The van der Waals surface area contributed by atoms with Gasteiger partial charge in [-0.15, -0.1) is 0 Å². The molecule has 4 rings (SSSR count). The van der Waals surface area contributed by atoms with E-state index in [0.717, 1.165) is 35.9 Å². The van der Waals surface area contributed by atoms with Gasteiger partial charge >= 0.3 is 6.03 Å². The van der Waals surface area contributed by atoms with Crippen LogP contribution in [0.5, 0.6) is 0 Å². The fraction of sp³-hybridized carbons (Fsp3) is 0.542. The fourth-order valence-corrected chi connectivity index (χ4v) is 5.32. The summed E-state index contributed by atoms with van der Waals surface area (Å²) in [5.74, 6) is 0.866. The number of carbonyl (C=O) groups excluding carboxylic acids is 2. The number of benzene rings is 1. The lowest BCUT2D eigenvalue weighted by Gasteiger charge is -2.41. The van der Waals surface area contributed by atoms with Crippen LogP contribution in [0.25, 0.3) is 10.8 Å². The standard InChI is InChI=1S/C24H33N3O3Si/c1-24(2,3)31(4,5)30-15-16-11-17(12-16)18-7-6-8-19-20(18)13-25-14-21(19)27-10-9-22(28)26-23(27)29/h6-8,13-14,16-17H,9-12,15H2,1-5H3,(H,26,28,29). The van der Waals surface area contributed by atoms with Crippen LogP contribution in [0.3, 0.4) is 0 Å². The zero-order valence-electron chi connectivity index (χ0n) is 19.2. The minimum Gasteiger partial charge on any atom is -0.417 e. The van der Waals surface area contributed by atoms with Gasteiger partial charge in [0.2, 0.25) is 5.91 Å². The summed E-state index contributed by atoms with van der Waals surface area (Å²) in [4.78, 5) is 29.9. The first-order valence-electron chi connectivity index (χ1n) is 11.2. The van der Waals surface area contributed by atoms with Crippen molar-refractivity contribution in [2.75, 3.05) is 18.1 Å². The Labute approximate surface area is 185 Å². The number of anilines is 1. The Bertz CT molecular complexity index is 1010. The number of fused-ring (bicyclic) bond motifs is 1. The third kappa shape index (κ3) is 4.26. The maximum Gasteiger partial charge on any atom is 0.328 e. The van der Waals surface area contributed by atoms with E-state index in [-0.39, 0.29) is 17.0 Å². The summed E-state index contributed by atoms with van der Waals surface area (Å²) in [5.41, 5.74) is 2.06. The van der Waals surface area contributed by atoms with Crippen LogP contribution in [-0.4, -0.2) is 38.4 Å². The number of pyridine rings is 1. The van der Waals surface area contributed by atoms with Crippen LogP contribution in [0, 0.1) is 5.92 Å². The molecule has 0 atom stereocenters. The van der Waals surface area contributed by atoms with Crippen LogP contribution in [0.1, 0.15) is 51.5 Å². The average molecular weight is 440 g/mol. The van der Waals surface area contributed by atoms with Crippen molar-refractivity contribution < 1.29 is 14.0 Å². The van der Waals surface area contributed by atoms with E-state index in [0.29, 0.717) is 24.8 Å². The number of nitrogens with zero attached hydrogens (tertiary/aromatic N) is 2. The first kappa shape index (κ1) is 22.0. The molecule has 1 aromatic carbocycles. The lowest BCUT2D eigenvalue weighted by molar-refractivity contribution is -0.120. The minimum absolute atomic E-state index is 0.226. The van der Waals surface area contributed by atoms with Gasteiger partial charge in [-0.1, -0.05) is 39.0 Å². The maximum absolute atomic E-state index is 12.4. The van der Waals surface area contributed by atoms with Crippen LogP contribution in [0.4, 0.5) is 10.5 Å². The molecule has 1 aliphatic heterocycles. The molecule has 1 aliphatic carbocycles. The van der Waals surface area contributed by atoms with Crippen LogP contribution < -0.4 is 10.2 Å². The molecule has 2 aromatic rings. The highest BCUT2D eigenvalue weighted by molar-refractivity contribution is 6.74. The molecule has 1 aromatic heterocycles. The van der Waals surface area contributed by atoms with Crippen LogP contribution >= 0.6 is 0 Å². The summed E-state index contributed by atoms with van der Waals surface area (Å²) >= 11 is 0. The van der Waals surface area contributed by atoms with Crippen molar-refractivity contribution in [2.24, 2.45) is 5.92 Å². The molecule has 0 radical (unpaired) electrons. The van der Waals surface area contributed by atoms with Gasteiger partial charge in [0.15, 0.2) is 8.32 Å². The van der Waals surface area contributed by atoms with Crippen molar-refractivity contribution in [3.63, 3.8) is 0 Å². The van der Waals surface area contributed by atoms with Crippen LogP contribution in [0.15, 0.2) is 30.6 Å². The second-order valence-corrected chi connectivity index (χ2v) is 15.3. The SMILES string of the molecule is CC(C)(C)[Si](C)(C)OCC1CC(c2cccc3c(N4CCC(=O)NC4=O)cncc23)C1. The molecule has 7 heteroatoms.